The third kappa shape index (κ3) is 5.35. The summed E-state index contributed by atoms with van der Waals surface area (Å²) in [6.45, 7) is 11.5. The van der Waals surface area contributed by atoms with Crippen LogP contribution in [-0.2, 0) is 0 Å². The van der Waals surface area contributed by atoms with Crippen molar-refractivity contribution in [3.05, 3.63) is 0 Å². The number of nitrogens with zero attached hydrogens (tertiary/aromatic N) is 2. The van der Waals surface area contributed by atoms with Crippen LogP contribution in [-0.4, -0.2) is 48.5 Å². The van der Waals surface area contributed by atoms with Crippen LogP contribution in [0.1, 0.15) is 40.0 Å². The van der Waals surface area contributed by atoms with Gasteiger partial charge in [-0.05, 0) is 44.2 Å². The molecule has 2 rings (SSSR count). The fraction of sp³-hybridized carbons (Fsp3) is 0.933. The van der Waals surface area contributed by atoms with E-state index in [9.17, 15) is 0 Å². The summed E-state index contributed by atoms with van der Waals surface area (Å²) in [7, 11) is 2.23. The van der Waals surface area contributed by atoms with Gasteiger partial charge in [0.2, 0.25) is 0 Å². The molecule has 2 atom stereocenters. The van der Waals surface area contributed by atoms with E-state index in [1.165, 1.54) is 37.5 Å². The summed E-state index contributed by atoms with van der Waals surface area (Å²) in [5.74, 6) is 0.795. The Morgan fingerprint density at radius 1 is 1.42 bits per heavy atom. The Bertz CT molecular complexity index is 322. The smallest absolute Gasteiger partial charge is 0.156 e. The third-order valence-electron chi connectivity index (χ3n) is 3.82. The van der Waals surface area contributed by atoms with Crippen molar-refractivity contribution in [2.75, 3.05) is 33.2 Å². The number of piperidine rings is 1. The molecule has 2 aliphatic heterocycles. The maximum Gasteiger partial charge on any atom is 0.156 e. The van der Waals surface area contributed by atoms with Crippen LogP contribution in [0.4, 0.5) is 0 Å². The minimum atomic E-state index is 0.411. The summed E-state index contributed by atoms with van der Waals surface area (Å²) >= 11 is 1.95. The zero-order valence-corrected chi connectivity index (χ0v) is 13.7. The molecule has 1 saturated heterocycles. The molecule has 110 valence electrons. The highest BCUT2D eigenvalue weighted by molar-refractivity contribution is 8.14. The van der Waals surface area contributed by atoms with Crippen molar-refractivity contribution in [3.63, 3.8) is 0 Å². The Hall–Kier alpha value is -0.220. The summed E-state index contributed by atoms with van der Waals surface area (Å²) in [5, 5.41) is 5.43. The molecule has 2 heterocycles. The van der Waals surface area contributed by atoms with E-state index < -0.39 is 0 Å². The SMILES string of the molecule is CN1CCCC(CNC2=NCC(CC(C)(C)C)S2)C1. The van der Waals surface area contributed by atoms with Crippen molar-refractivity contribution in [1.29, 1.82) is 0 Å². The molecule has 0 spiro atoms. The summed E-state index contributed by atoms with van der Waals surface area (Å²) in [5.41, 5.74) is 0.411. The number of rotatable bonds is 3. The predicted octanol–water partition coefficient (Wildman–Crippen LogP) is 2.83. The third-order valence-corrected chi connectivity index (χ3v) is 4.97. The number of hydrogen-bond donors (Lipinski definition) is 1. The van der Waals surface area contributed by atoms with Crippen LogP contribution in [0.5, 0.6) is 0 Å². The van der Waals surface area contributed by atoms with E-state index in [-0.39, 0.29) is 0 Å². The summed E-state index contributed by atoms with van der Waals surface area (Å²) in [6.07, 6.45) is 3.95. The lowest BCUT2D eigenvalue weighted by molar-refractivity contribution is 0.211. The average Bonchev–Trinajstić information content (AvgIpc) is 2.72. The predicted molar refractivity (Wildman–Crippen MR) is 86.0 cm³/mol. The molecular weight excluding hydrogens is 254 g/mol. The zero-order valence-electron chi connectivity index (χ0n) is 12.9. The molecule has 3 nitrogen and oxygen atoms in total. The van der Waals surface area contributed by atoms with Gasteiger partial charge in [0.1, 0.15) is 0 Å². The molecule has 0 aromatic heterocycles. The van der Waals surface area contributed by atoms with Crippen molar-refractivity contribution in [2.24, 2.45) is 16.3 Å². The maximum absolute atomic E-state index is 4.66. The highest BCUT2D eigenvalue weighted by Gasteiger charge is 2.25. The molecule has 1 N–H and O–H groups in total. The van der Waals surface area contributed by atoms with Gasteiger partial charge in [-0.2, -0.15) is 0 Å². The second-order valence-electron chi connectivity index (χ2n) is 7.30. The Balaban J connectivity index is 1.67. The number of thioether (sulfide) groups is 1. The number of amidine groups is 1. The normalized spacial score (nSPS) is 29.4. The van der Waals surface area contributed by atoms with Gasteiger partial charge < -0.3 is 10.2 Å². The number of likely N-dealkylation sites (tertiary alicyclic amines) is 1. The summed E-state index contributed by atoms with van der Waals surface area (Å²) in [4.78, 5) is 7.11. The Morgan fingerprint density at radius 2 is 2.21 bits per heavy atom. The highest BCUT2D eigenvalue weighted by atomic mass is 32.2. The minimum Gasteiger partial charge on any atom is -0.365 e. The van der Waals surface area contributed by atoms with Crippen LogP contribution in [0.25, 0.3) is 0 Å². The van der Waals surface area contributed by atoms with Crippen LogP contribution in [0.2, 0.25) is 0 Å². The molecule has 0 saturated carbocycles. The van der Waals surface area contributed by atoms with E-state index in [4.69, 9.17) is 0 Å². The lowest BCUT2D eigenvalue weighted by atomic mass is 9.90. The van der Waals surface area contributed by atoms with Crippen LogP contribution >= 0.6 is 11.8 Å². The van der Waals surface area contributed by atoms with Gasteiger partial charge in [-0.15, -0.1) is 0 Å². The van der Waals surface area contributed by atoms with Gasteiger partial charge in [-0.1, -0.05) is 32.5 Å². The molecular formula is C15H29N3S. The lowest BCUT2D eigenvalue weighted by Crippen LogP contribution is -2.38. The van der Waals surface area contributed by atoms with Crippen molar-refractivity contribution < 1.29 is 0 Å². The zero-order chi connectivity index (χ0) is 13.9. The largest absolute Gasteiger partial charge is 0.365 e. The fourth-order valence-corrected chi connectivity index (χ4v) is 4.34. The van der Waals surface area contributed by atoms with E-state index >= 15 is 0 Å². The lowest BCUT2D eigenvalue weighted by Gasteiger charge is -2.29. The van der Waals surface area contributed by atoms with E-state index in [0.717, 1.165) is 19.0 Å². The highest BCUT2D eigenvalue weighted by Crippen LogP contribution is 2.31. The van der Waals surface area contributed by atoms with Gasteiger partial charge in [0, 0.05) is 18.3 Å². The quantitative estimate of drug-likeness (QED) is 0.863. The van der Waals surface area contributed by atoms with Crippen molar-refractivity contribution >= 4 is 16.9 Å². The molecule has 19 heavy (non-hydrogen) atoms. The average molecular weight is 283 g/mol. The molecule has 4 heteroatoms. The molecule has 2 unspecified atom stereocenters. The Morgan fingerprint density at radius 3 is 2.89 bits per heavy atom. The summed E-state index contributed by atoms with van der Waals surface area (Å²) in [6, 6.07) is 0. The van der Waals surface area contributed by atoms with E-state index in [1.54, 1.807) is 0 Å². The van der Waals surface area contributed by atoms with Crippen molar-refractivity contribution in [3.8, 4) is 0 Å². The van der Waals surface area contributed by atoms with Gasteiger partial charge in [0.05, 0.1) is 6.54 Å². The van der Waals surface area contributed by atoms with Gasteiger partial charge in [-0.25, -0.2) is 0 Å². The van der Waals surface area contributed by atoms with Gasteiger partial charge in [0.25, 0.3) is 0 Å². The molecule has 1 fully saturated rings. The first-order valence-electron chi connectivity index (χ1n) is 7.56. The van der Waals surface area contributed by atoms with E-state index in [2.05, 4.69) is 43.0 Å². The Labute approximate surface area is 122 Å². The van der Waals surface area contributed by atoms with Crippen LogP contribution in [0, 0.1) is 11.3 Å². The number of hydrogen-bond acceptors (Lipinski definition) is 4. The fourth-order valence-electron chi connectivity index (χ4n) is 2.98. The molecule has 0 aliphatic carbocycles. The van der Waals surface area contributed by atoms with E-state index in [1.807, 2.05) is 11.8 Å². The second kappa shape index (κ2) is 6.49. The van der Waals surface area contributed by atoms with Gasteiger partial charge >= 0.3 is 0 Å². The van der Waals surface area contributed by atoms with Gasteiger partial charge in [-0.3, -0.25) is 4.99 Å². The van der Waals surface area contributed by atoms with Crippen LogP contribution < -0.4 is 5.32 Å². The van der Waals surface area contributed by atoms with Gasteiger partial charge in [0.15, 0.2) is 5.17 Å². The second-order valence-corrected chi connectivity index (χ2v) is 8.59. The van der Waals surface area contributed by atoms with Crippen molar-refractivity contribution in [1.82, 2.24) is 10.2 Å². The molecule has 0 aromatic rings. The first-order valence-corrected chi connectivity index (χ1v) is 8.44. The molecule has 0 radical (unpaired) electrons. The Kier molecular flexibility index (Phi) is 5.18. The van der Waals surface area contributed by atoms with Crippen LogP contribution in [0.15, 0.2) is 4.99 Å². The first kappa shape index (κ1) is 15.2. The molecule has 0 amide bonds. The molecule has 2 aliphatic rings. The standard InChI is InChI=1S/C15H29N3S/c1-15(2,3)8-13-10-17-14(19-13)16-9-12-6-5-7-18(4)11-12/h12-13H,5-11H2,1-4H3,(H,16,17). The first-order chi connectivity index (χ1) is 8.92. The number of nitrogens with one attached hydrogen (secondary N) is 1. The van der Waals surface area contributed by atoms with Crippen LogP contribution in [0.3, 0.4) is 0 Å². The van der Waals surface area contributed by atoms with Crippen molar-refractivity contribution in [2.45, 2.75) is 45.3 Å². The summed E-state index contributed by atoms with van der Waals surface area (Å²) < 4.78 is 0. The maximum atomic E-state index is 4.66. The topological polar surface area (TPSA) is 27.6 Å². The minimum absolute atomic E-state index is 0.411. The monoisotopic (exact) mass is 283 g/mol. The number of aliphatic imine (C=N–C) groups is 1. The van der Waals surface area contributed by atoms with E-state index in [0.29, 0.717) is 10.7 Å². The molecule has 0 aromatic carbocycles. The molecule has 0 bridgehead atoms.